The van der Waals surface area contributed by atoms with Crippen LogP contribution in [0.1, 0.15) is 50.4 Å². The minimum absolute atomic E-state index is 0.0778. The van der Waals surface area contributed by atoms with E-state index in [9.17, 15) is 14.7 Å². The van der Waals surface area contributed by atoms with Crippen molar-refractivity contribution < 1.29 is 19.4 Å². The van der Waals surface area contributed by atoms with Crippen LogP contribution in [0.15, 0.2) is 48.0 Å². The first-order valence-electron chi connectivity index (χ1n) is 11.9. The third-order valence-electron chi connectivity index (χ3n) is 6.30. The molecule has 0 bridgehead atoms. The lowest BCUT2D eigenvalue weighted by Crippen LogP contribution is -2.38. The van der Waals surface area contributed by atoms with E-state index in [1.807, 2.05) is 31.2 Å². The van der Waals surface area contributed by atoms with Crippen LogP contribution < -0.4 is 4.74 Å². The van der Waals surface area contributed by atoms with E-state index in [4.69, 9.17) is 16.3 Å². The second-order valence-corrected chi connectivity index (χ2v) is 8.60. The largest absolute Gasteiger partial charge is 0.507 e. The van der Waals surface area contributed by atoms with Gasteiger partial charge in [-0.15, -0.1) is 0 Å². The molecule has 2 aromatic carbocycles. The SMILES string of the molecule is CCOc1ccc(/C(O)=C2/C(=O)C(=O)N(CCN(CC)CC)C2c2ccc(CC)cc2)cc1Cl. The minimum atomic E-state index is -0.688. The van der Waals surface area contributed by atoms with Gasteiger partial charge in [-0.2, -0.15) is 0 Å². The number of amides is 1. The zero-order valence-electron chi connectivity index (χ0n) is 20.3. The average Bonchev–Trinajstić information content (AvgIpc) is 3.10. The summed E-state index contributed by atoms with van der Waals surface area (Å²) in [7, 11) is 0. The van der Waals surface area contributed by atoms with Crippen LogP contribution in [0.3, 0.4) is 0 Å². The summed E-state index contributed by atoms with van der Waals surface area (Å²) < 4.78 is 5.48. The average molecular weight is 485 g/mol. The second-order valence-electron chi connectivity index (χ2n) is 8.19. The third-order valence-corrected chi connectivity index (χ3v) is 6.60. The molecule has 7 heteroatoms. The van der Waals surface area contributed by atoms with Gasteiger partial charge in [0, 0.05) is 18.7 Å². The van der Waals surface area contributed by atoms with Crippen LogP contribution in [-0.4, -0.2) is 59.4 Å². The number of halogens is 1. The molecule has 34 heavy (non-hydrogen) atoms. The van der Waals surface area contributed by atoms with Crippen molar-refractivity contribution in [2.75, 3.05) is 32.8 Å². The molecule has 2 aromatic rings. The van der Waals surface area contributed by atoms with Crippen LogP contribution in [0.2, 0.25) is 5.02 Å². The summed E-state index contributed by atoms with van der Waals surface area (Å²) in [5.41, 5.74) is 2.39. The lowest BCUT2D eigenvalue weighted by Gasteiger charge is -2.28. The van der Waals surface area contributed by atoms with Gasteiger partial charge < -0.3 is 19.6 Å². The molecule has 0 radical (unpaired) electrons. The van der Waals surface area contributed by atoms with Gasteiger partial charge in [0.1, 0.15) is 11.5 Å². The smallest absolute Gasteiger partial charge is 0.295 e. The first-order valence-corrected chi connectivity index (χ1v) is 12.3. The van der Waals surface area contributed by atoms with E-state index in [2.05, 4.69) is 25.7 Å². The molecular formula is C27H33ClN2O4. The topological polar surface area (TPSA) is 70.1 Å². The fourth-order valence-electron chi connectivity index (χ4n) is 4.26. The van der Waals surface area contributed by atoms with E-state index in [0.717, 1.165) is 30.6 Å². The number of rotatable bonds is 10. The summed E-state index contributed by atoms with van der Waals surface area (Å²) in [6, 6.07) is 12.0. The quantitative estimate of drug-likeness (QED) is 0.290. The monoisotopic (exact) mass is 484 g/mol. The highest BCUT2D eigenvalue weighted by Crippen LogP contribution is 2.40. The Morgan fingerprint density at radius 1 is 1.06 bits per heavy atom. The molecule has 1 aliphatic rings. The van der Waals surface area contributed by atoms with E-state index in [1.165, 1.54) is 0 Å². The van der Waals surface area contributed by atoms with Gasteiger partial charge in [-0.05, 0) is 55.8 Å². The van der Waals surface area contributed by atoms with Gasteiger partial charge in [0.15, 0.2) is 0 Å². The number of aryl methyl sites for hydroxylation is 1. The first-order chi connectivity index (χ1) is 16.4. The Labute approximate surface area is 206 Å². The van der Waals surface area contributed by atoms with Gasteiger partial charge >= 0.3 is 0 Å². The number of hydrogen-bond donors (Lipinski definition) is 1. The molecule has 1 atom stereocenters. The number of ketones is 1. The Kier molecular flexibility index (Phi) is 8.75. The van der Waals surface area contributed by atoms with E-state index < -0.39 is 17.7 Å². The molecule has 1 aliphatic heterocycles. The van der Waals surface area contributed by atoms with Crippen molar-refractivity contribution in [2.45, 2.75) is 40.2 Å². The van der Waals surface area contributed by atoms with E-state index >= 15 is 0 Å². The predicted molar refractivity (Wildman–Crippen MR) is 135 cm³/mol. The van der Waals surface area contributed by atoms with Crippen LogP contribution >= 0.6 is 11.6 Å². The maximum Gasteiger partial charge on any atom is 0.295 e. The Bertz CT molecular complexity index is 1060. The Morgan fingerprint density at radius 3 is 2.29 bits per heavy atom. The maximum absolute atomic E-state index is 13.2. The van der Waals surface area contributed by atoms with Crippen LogP contribution in [0, 0.1) is 0 Å². The van der Waals surface area contributed by atoms with Crippen molar-refractivity contribution >= 4 is 29.1 Å². The van der Waals surface area contributed by atoms with Crippen molar-refractivity contribution in [3.63, 3.8) is 0 Å². The van der Waals surface area contributed by atoms with Crippen molar-refractivity contribution in [2.24, 2.45) is 0 Å². The minimum Gasteiger partial charge on any atom is -0.507 e. The number of aliphatic hydroxyl groups is 1. The number of nitrogens with zero attached hydrogens (tertiary/aromatic N) is 2. The summed E-state index contributed by atoms with van der Waals surface area (Å²) in [6.07, 6.45) is 0.882. The number of aliphatic hydroxyl groups excluding tert-OH is 1. The Balaban J connectivity index is 2.09. The molecule has 1 amide bonds. The van der Waals surface area contributed by atoms with E-state index in [-0.39, 0.29) is 11.3 Å². The van der Waals surface area contributed by atoms with Crippen LogP contribution in [-0.2, 0) is 16.0 Å². The predicted octanol–water partition coefficient (Wildman–Crippen LogP) is 5.06. The summed E-state index contributed by atoms with van der Waals surface area (Å²) in [4.78, 5) is 30.1. The highest BCUT2D eigenvalue weighted by Gasteiger charge is 2.46. The molecule has 0 spiro atoms. The highest BCUT2D eigenvalue weighted by molar-refractivity contribution is 6.46. The summed E-state index contributed by atoms with van der Waals surface area (Å²) in [6.45, 7) is 11.2. The molecule has 1 N–H and O–H groups in total. The first kappa shape index (κ1) is 25.8. The van der Waals surface area contributed by atoms with Crippen LogP contribution in [0.4, 0.5) is 0 Å². The molecule has 1 heterocycles. The molecule has 1 saturated heterocycles. The lowest BCUT2D eigenvalue weighted by molar-refractivity contribution is -0.140. The molecule has 0 aliphatic carbocycles. The summed E-state index contributed by atoms with van der Waals surface area (Å²) >= 11 is 6.33. The number of benzene rings is 2. The van der Waals surface area contributed by atoms with Gasteiger partial charge in [0.2, 0.25) is 0 Å². The zero-order valence-corrected chi connectivity index (χ0v) is 21.1. The van der Waals surface area contributed by atoms with Gasteiger partial charge in [-0.1, -0.05) is 56.6 Å². The van der Waals surface area contributed by atoms with Gasteiger partial charge in [0.05, 0.1) is 23.2 Å². The maximum atomic E-state index is 13.2. The van der Waals surface area contributed by atoms with Crippen molar-refractivity contribution in [3.05, 3.63) is 69.8 Å². The second kappa shape index (κ2) is 11.5. The molecule has 0 saturated carbocycles. The fourth-order valence-corrected chi connectivity index (χ4v) is 4.49. The zero-order chi connectivity index (χ0) is 24.8. The molecule has 0 aromatic heterocycles. The molecule has 182 valence electrons. The molecule has 1 fully saturated rings. The summed E-state index contributed by atoms with van der Waals surface area (Å²) in [5, 5.41) is 11.6. The number of likely N-dealkylation sites (tertiary alicyclic amines) is 1. The van der Waals surface area contributed by atoms with Gasteiger partial charge in [0.25, 0.3) is 11.7 Å². The van der Waals surface area contributed by atoms with Crippen molar-refractivity contribution in [3.8, 4) is 5.75 Å². The van der Waals surface area contributed by atoms with Crippen LogP contribution in [0.5, 0.6) is 5.75 Å². The standard InChI is InChI=1S/C27H33ClN2O4/c1-5-18-9-11-19(12-10-18)24-23(25(31)20-13-14-22(34-8-4)21(28)17-20)26(32)27(33)30(24)16-15-29(6-2)7-3/h9-14,17,24,31H,5-8,15-16H2,1-4H3/b25-23-. The number of likely N-dealkylation sites (N-methyl/N-ethyl adjacent to an activating group) is 1. The molecule has 3 rings (SSSR count). The molecule has 6 nitrogen and oxygen atoms in total. The van der Waals surface area contributed by atoms with E-state index in [0.29, 0.717) is 36.0 Å². The van der Waals surface area contributed by atoms with Crippen LogP contribution in [0.25, 0.3) is 5.76 Å². The van der Waals surface area contributed by atoms with Gasteiger partial charge in [-0.3, -0.25) is 9.59 Å². The van der Waals surface area contributed by atoms with Crippen molar-refractivity contribution in [1.82, 2.24) is 9.80 Å². The number of hydrogen-bond acceptors (Lipinski definition) is 5. The molecular weight excluding hydrogens is 452 g/mol. The van der Waals surface area contributed by atoms with E-state index in [1.54, 1.807) is 23.1 Å². The number of ether oxygens (including phenoxy) is 1. The number of carbonyl (C=O) groups excluding carboxylic acids is 2. The van der Waals surface area contributed by atoms with Gasteiger partial charge in [-0.25, -0.2) is 0 Å². The summed E-state index contributed by atoms with van der Waals surface area (Å²) in [5.74, 6) is -1.03. The normalized spacial score (nSPS) is 17.6. The molecule has 1 unspecified atom stereocenters. The number of Topliss-reactive ketones (excluding diaryl/α,β-unsaturated/α-hetero) is 1. The lowest BCUT2D eigenvalue weighted by atomic mass is 9.94. The number of carbonyl (C=O) groups is 2. The van der Waals surface area contributed by atoms with Crippen molar-refractivity contribution in [1.29, 1.82) is 0 Å². The fraction of sp³-hybridized carbons (Fsp3) is 0.407. The Hall–Kier alpha value is -2.83. The Morgan fingerprint density at radius 2 is 1.74 bits per heavy atom. The highest BCUT2D eigenvalue weighted by atomic mass is 35.5. The third kappa shape index (κ3) is 5.29.